The lowest BCUT2D eigenvalue weighted by Gasteiger charge is -2.36. The van der Waals surface area contributed by atoms with E-state index >= 15 is 0 Å². The van der Waals surface area contributed by atoms with Crippen LogP contribution in [-0.4, -0.2) is 26.2 Å². The molecule has 0 fully saturated rings. The molecule has 3 heterocycles. The first-order valence-electron chi connectivity index (χ1n) is 10.3. The van der Waals surface area contributed by atoms with Gasteiger partial charge in [0.15, 0.2) is 0 Å². The molecule has 0 saturated carbocycles. The van der Waals surface area contributed by atoms with E-state index in [1.165, 1.54) is 16.5 Å². The number of fused-ring (bicyclic) bond motifs is 3. The topological polar surface area (TPSA) is 36.9 Å². The Morgan fingerprint density at radius 1 is 1.14 bits per heavy atom. The SMILES string of the molecule is CCn1cc(CN2CCc3c([nH]c4ccccc34)C2c2ccccc2F)c(C)n1. The van der Waals surface area contributed by atoms with E-state index in [1.807, 2.05) is 22.9 Å². The van der Waals surface area contributed by atoms with Crippen molar-refractivity contribution in [3.8, 4) is 0 Å². The maximum atomic E-state index is 14.9. The first-order chi connectivity index (χ1) is 14.2. The summed E-state index contributed by atoms with van der Waals surface area (Å²) >= 11 is 0. The lowest BCUT2D eigenvalue weighted by molar-refractivity contribution is 0.198. The van der Waals surface area contributed by atoms with Crippen LogP contribution in [0.1, 0.15) is 41.0 Å². The molecule has 1 atom stereocenters. The van der Waals surface area contributed by atoms with Gasteiger partial charge in [0.1, 0.15) is 5.82 Å². The van der Waals surface area contributed by atoms with Crippen LogP contribution in [0.4, 0.5) is 4.39 Å². The van der Waals surface area contributed by atoms with Gasteiger partial charge in [0.05, 0.1) is 11.7 Å². The highest BCUT2D eigenvalue weighted by atomic mass is 19.1. The summed E-state index contributed by atoms with van der Waals surface area (Å²) in [4.78, 5) is 5.98. The summed E-state index contributed by atoms with van der Waals surface area (Å²) in [5.41, 5.74) is 6.51. The predicted octanol–water partition coefficient (Wildman–Crippen LogP) is 4.98. The fourth-order valence-electron chi connectivity index (χ4n) is 4.61. The van der Waals surface area contributed by atoms with Gasteiger partial charge < -0.3 is 4.98 Å². The second-order valence-corrected chi connectivity index (χ2v) is 7.80. The van der Waals surface area contributed by atoms with Gasteiger partial charge in [-0.3, -0.25) is 9.58 Å². The van der Waals surface area contributed by atoms with Gasteiger partial charge >= 0.3 is 0 Å². The molecule has 1 aliphatic heterocycles. The number of aryl methyl sites for hydroxylation is 2. The second kappa shape index (κ2) is 7.16. The zero-order valence-electron chi connectivity index (χ0n) is 16.8. The monoisotopic (exact) mass is 388 g/mol. The first-order valence-corrected chi connectivity index (χ1v) is 10.3. The van der Waals surface area contributed by atoms with Gasteiger partial charge in [0, 0.05) is 53.6 Å². The summed E-state index contributed by atoms with van der Waals surface area (Å²) in [5.74, 6) is -0.157. The number of para-hydroxylation sites is 1. The Labute approximate surface area is 170 Å². The van der Waals surface area contributed by atoms with Crippen LogP contribution < -0.4 is 0 Å². The molecule has 0 saturated heterocycles. The lowest BCUT2D eigenvalue weighted by atomic mass is 9.91. The van der Waals surface area contributed by atoms with E-state index in [2.05, 4.69) is 53.2 Å². The van der Waals surface area contributed by atoms with E-state index in [1.54, 1.807) is 12.1 Å². The molecule has 2 aromatic heterocycles. The minimum Gasteiger partial charge on any atom is -0.357 e. The van der Waals surface area contributed by atoms with Crippen molar-refractivity contribution in [2.45, 2.75) is 39.4 Å². The molecule has 0 radical (unpaired) electrons. The van der Waals surface area contributed by atoms with Crippen LogP contribution in [-0.2, 0) is 19.5 Å². The van der Waals surface area contributed by atoms with E-state index in [-0.39, 0.29) is 11.9 Å². The highest BCUT2D eigenvalue weighted by Crippen LogP contribution is 2.40. The highest BCUT2D eigenvalue weighted by molar-refractivity contribution is 5.85. The summed E-state index contributed by atoms with van der Waals surface area (Å²) < 4.78 is 16.9. The van der Waals surface area contributed by atoms with Crippen molar-refractivity contribution >= 4 is 10.9 Å². The van der Waals surface area contributed by atoms with Crippen LogP contribution in [0.3, 0.4) is 0 Å². The minimum absolute atomic E-state index is 0.142. The molecular formula is C24H25FN4. The third kappa shape index (κ3) is 3.06. The molecule has 5 rings (SSSR count). The van der Waals surface area contributed by atoms with E-state index in [4.69, 9.17) is 0 Å². The molecule has 1 aliphatic rings. The largest absolute Gasteiger partial charge is 0.357 e. The van der Waals surface area contributed by atoms with Crippen molar-refractivity contribution in [3.63, 3.8) is 0 Å². The lowest BCUT2D eigenvalue weighted by Crippen LogP contribution is -2.36. The Morgan fingerprint density at radius 2 is 1.93 bits per heavy atom. The van der Waals surface area contributed by atoms with E-state index in [0.717, 1.165) is 48.5 Å². The molecule has 4 aromatic rings. The van der Waals surface area contributed by atoms with Gasteiger partial charge in [-0.2, -0.15) is 5.10 Å². The molecule has 148 valence electrons. The highest BCUT2D eigenvalue weighted by Gasteiger charge is 2.33. The quantitative estimate of drug-likeness (QED) is 0.535. The van der Waals surface area contributed by atoms with Crippen molar-refractivity contribution in [1.82, 2.24) is 19.7 Å². The molecular weight excluding hydrogens is 363 g/mol. The van der Waals surface area contributed by atoms with E-state index in [9.17, 15) is 4.39 Å². The average Bonchev–Trinajstić information content (AvgIpc) is 3.28. The number of hydrogen-bond acceptors (Lipinski definition) is 2. The fraction of sp³-hybridized carbons (Fsp3) is 0.292. The van der Waals surface area contributed by atoms with Crippen LogP contribution >= 0.6 is 0 Å². The molecule has 0 bridgehead atoms. The summed E-state index contributed by atoms with van der Waals surface area (Å²) in [6.45, 7) is 6.63. The molecule has 4 nitrogen and oxygen atoms in total. The van der Waals surface area contributed by atoms with Crippen LogP contribution in [0.15, 0.2) is 54.7 Å². The zero-order valence-corrected chi connectivity index (χ0v) is 16.8. The fourth-order valence-corrected chi connectivity index (χ4v) is 4.61. The normalized spacial score (nSPS) is 17.0. The Morgan fingerprint density at radius 3 is 2.72 bits per heavy atom. The van der Waals surface area contributed by atoms with Gasteiger partial charge in [-0.05, 0) is 38.0 Å². The maximum absolute atomic E-state index is 14.9. The standard InChI is InChI=1S/C24H25FN4/c1-3-29-15-17(16(2)27-29)14-28-13-12-19-18-8-5-7-11-22(18)26-23(19)24(28)20-9-4-6-10-21(20)25/h4-11,15,24,26H,3,12-14H2,1-2H3. The van der Waals surface area contributed by atoms with Crippen molar-refractivity contribution in [2.75, 3.05) is 6.54 Å². The number of aromatic nitrogens is 3. The van der Waals surface area contributed by atoms with Gasteiger partial charge in [0.2, 0.25) is 0 Å². The van der Waals surface area contributed by atoms with Crippen LogP contribution in [0.25, 0.3) is 10.9 Å². The number of hydrogen-bond donors (Lipinski definition) is 1. The number of nitrogens with zero attached hydrogens (tertiary/aromatic N) is 3. The van der Waals surface area contributed by atoms with Gasteiger partial charge in [-0.25, -0.2) is 4.39 Å². The zero-order chi connectivity index (χ0) is 20.0. The van der Waals surface area contributed by atoms with E-state index < -0.39 is 0 Å². The number of benzene rings is 2. The molecule has 2 aromatic carbocycles. The van der Waals surface area contributed by atoms with Gasteiger partial charge in [0.25, 0.3) is 0 Å². The molecule has 1 N–H and O–H groups in total. The van der Waals surface area contributed by atoms with Gasteiger partial charge in [-0.15, -0.1) is 0 Å². The van der Waals surface area contributed by atoms with Gasteiger partial charge in [-0.1, -0.05) is 36.4 Å². The third-order valence-electron chi connectivity index (χ3n) is 6.08. The summed E-state index contributed by atoms with van der Waals surface area (Å²) in [7, 11) is 0. The summed E-state index contributed by atoms with van der Waals surface area (Å²) in [6.07, 6.45) is 3.07. The van der Waals surface area contributed by atoms with Crippen molar-refractivity contribution < 1.29 is 4.39 Å². The number of aromatic amines is 1. The predicted molar refractivity (Wildman–Crippen MR) is 113 cm³/mol. The van der Waals surface area contributed by atoms with Crippen molar-refractivity contribution in [3.05, 3.63) is 88.6 Å². The average molecular weight is 388 g/mol. The van der Waals surface area contributed by atoms with Crippen LogP contribution in [0, 0.1) is 12.7 Å². The minimum atomic E-state index is -0.157. The summed E-state index contributed by atoms with van der Waals surface area (Å²) in [6, 6.07) is 15.4. The number of halogens is 1. The summed E-state index contributed by atoms with van der Waals surface area (Å²) in [5, 5.41) is 5.85. The molecule has 0 spiro atoms. The molecule has 1 unspecified atom stereocenters. The molecule has 0 aliphatic carbocycles. The van der Waals surface area contributed by atoms with Crippen molar-refractivity contribution in [1.29, 1.82) is 0 Å². The van der Waals surface area contributed by atoms with E-state index in [0.29, 0.717) is 0 Å². The van der Waals surface area contributed by atoms with Crippen LogP contribution in [0.2, 0.25) is 0 Å². The second-order valence-electron chi connectivity index (χ2n) is 7.80. The smallest absolute Gasteiger partial charge is 0.128 e. The molecule has 29 heavy (non-hydrogen) atoms. The third-order valence-corrected chi connectivity index (χ3v) is 6.08. The Bertz CT molecular complexity index is 1170. The Balaban J connectivity index is 1.63. The number of nitrogens with one attached hydrogen (secondary N) is 1. The first kappa shape index (κ1) is 18.1. The maximum Gasteiger partial charge on any atom is 0.128 e. The molecule has 5 heteroatoms. The molecule has 0 amide bonds. The number of rotatable bonds is 4. The van der Waals surface area contributed by atoms with Crippen LogP contribution in [0.5, 0.6) is 0 Å². The Hall–Kier alpha value is -2.92. The van der Waals surface area contributed by atoms with Crippen molar-refractivity contribution in [2.24, 2.45) is 0 Å². The number of H-pyrrole nitrogens is 1. The Kier molecular flexibility index (Phi) is 4.47.